The van der Waals surface area contributed by atoms with Gasteiger partial charge in [-0.25, -0.2) is 4.98 Å². The van der Waals surface area contributed by atoms with Crippen molar-refractivity contribution in [3.8, 4) is 0 Å². The number of ether oxygens (including phenoxy) is 1. The fourth-order valence-corrected chi connectivity index (χ4v) is 3.05. The molecule has 1 amide bonds. The maximum atomic E-state index is 12.6. The zero-order chi connectivity index (χ0) is 18.4. The second-order valence-corrected chi connectivity index (χ2v) is 6.37. The minimum absolute atomic E-state index is 0.175. The van der Waals surface area contributed by atoms with E-state index in [1.165, 1.54) is 6.92 Å². The first kappa shape index (κ1) is 18.0. The first-order valence-corrected chi connectivity index (χ1v) is 8.77. The minimum atomic E-state index is -0.243. The van der Waals surface area contributed by atoms with Crippen molar-refractivity contribution in [1.29, 1.82) is 0 Å². The van der Waals surface area contributed by atoms with Crippen LogP contribution in [-0.4, -0.2) is 36.6 Å². The molecule has 0 atom stereocenters. The molecule has 0 bridgehead atoms. The monoisotopic (exact) mass is 357 g/mol. The van der Waals surface area contributed by atoms with Gasteiger partial charge in [0.2, 0.25) is 0 Å². The summed E-state index contributed by atoms with van der Waals surface area (Å²) in [7, 11) is 0. The second-order valence-electron chi connectivity index (χ2n) is 6.37. The first-order chi connectivity index (χ1) is 12.6. The van der Waals surface area contributed by atoms with Crippen LogP contribution in [0, 0.1) is 5.92 Å². The number of anilines is 1. The van der Waals surface area contributed by atoms with Gasteiger partial charge in [0.1, 0.15) is 11.6 Å². The van der Waals surface area contributed by atoms with Gasteiger partial charge >= 0.3 is 5.97 Å². The molecule has 3 heterocycles. The van der Waals surface area contributed by atoms with Gasteiger partial charge in [-0.2, -0.15) is 0 Å². The summed E-state index contributed by atoms with van der Waals surface area (Å²) >= 11 is 0. The SMILES string of the molecule is CC(=O)OCC1CCN(c2ncccc2C(=O)NCc2ccco2)CC1. The third-order valence-electron chi connectivity index (χ3n) is 4.47. The standard InChI is InChI=1S/C19H23N3O4/c1-14(23)26-13-15-6-9-22(10-7-15)18-17(5-2-8-20-18)19(24)21-12-16-4-3-11-25-16/h2-5,8,11,15H,6-7,9-10,12-13H2,1H3,(H,21,24). The van der Waals surface area contributed by atoms with E-state index in [9.17, 15) is 9.59 Å². The predicted octanol–water partition coefficient (Wildman–Crippen LogP) is 2.38. The quantitative estimate of drug-likeness (QED) is 0.799. The Morgan fingerprint density at radius 3 is 2.81 bits per heavy atom. The zero-order valence-electron chi connectivity index (χ0n) is 14.8. The van der Waals surface area contributed by atoms with Gasteiger partial charge in [-0.1, -0.05) is 0 Å². The highest BCUT2D eigenvalue weighted by atomic mass is 16.5. The molecule has 1 fully saturated rings. The Labute approximate surface area is 152 Å². The number of hydrogen-bond acceptors (Lipinski definition) is 6. The number of esters is 1. The topological polar surface area (TPSA) is 84.7 Å². The van der Waals surface area contributed by atoms with E-state index in [0.29, 0.717) is 36.2 Å². The normalized spacial score (nSPS) is 14.9. The lowest BCUT2D eigenvalue weighted by Gasteiger charge is -2.33. The Hall–Kier alpha value is -2.83. The van der Waals surface area contributed by atoms with Crippen LogP contribution in [-0.2, 0) is 16.1 Å². The minimum Gasteiger partial charge on any atom is -0.467 e. The number of amides is 1. The van der Waals surface area contributed by atoms with E-state index in [0.717, 1.165) is 25.9 Å². The average molecular weight is 357 g/mol. The van der Waals surface area contributed by atoms with Crippen molar-refractivity contribution in [2.24, 2.45) is 5.92 Å². The Morgan fingerprint density at radius 2 is 2.12 bits per heavy atom. The van der Waals surface area contributed by atoms with Crippen LogP contribution in [0.4, 0.5) is 5.82 Å². The molecule has 1 N–H and O–H groups in total. The Balaban J connectivity index is 1.60. The summed E-state index contributed by atoms with van der Waals surface area (Å²) in [5, 5.41) is 2.87. The largest absolute Gasteiger partial charge is 0.467 e. The molecule has 0 aliphatic carbocycles. The molecule has 138 valence electrons. The van der Waals surface area contributed by atoms with Crippen LogP contribution < -0.4 is 10.2 Å². The maximum absolute atomic E-state index is 12.6. The summed E-state index contributed by atoms with van der Waals surface area (Å²) < 4.78 is 10.3. The van der Waals surface area contributed by atoms with Crippen LogP contribution in [0.2, 0.25) is 0 Å². The van der Waals surface area contributed by atoms with Crippen molar-refractivity contribution in [1.82, 2.24) is 10.3 Å². The van der Waals surface area contributed by atoms with E-state index in [1.807, 2.05) is 6.07 Å². The molecule has 26 heavy (non-hydrogen) atoms. The smallest absolute Gasteiger partial charge is 0.302 e. The number of nitrogens with one attached hydrogen (secondary N) is 1. The second kappa shape index (κ2) is 8.51. The van der Waals surface area contributed by atoms with Gasteiger partial charge in [-0.3, -0.25) is 9.59 Å². The molecule has 0 spiro atoms. The molecular formula is C19H23N3O4. The molecule has 1 saturated heterocycles. The molecule has 1 aliphatic heterocycles. The van der Waals surface area contributed by atoms with Crippen LogP contribution >= 0.6 is 0 Å². The first-order valence-electron chi connectivity index (χ1n) is 8.77. The van der Waals surface area contributed by atoms with Crippen LogP contribution in [0.3, 0.4) is 0 Å². The van der Waals surface area contributed by atoms with Crippen LogP contribution in [0.5, 0.6) is 0 Å². The number of piperidine rings is 1. The summed E-state index contributed by atoms with van der Waals surface area (Å²) in [6.07, 6.45) is 5.08. The zero-order valence-corrected chi connectivity index (χ0v) is 14.8. The lowest BCUT2D eigenvalue weighted by molar-refractivity contribution is -0.142. The number of pyridine rings is 1. The number of rotatable bonds is 6. The lowest BCUT2D eigenvalue weighted by Crippen LogP contribution is -2.37. The van der Waals surface area contributed by atoms with E-state index in [1.54, 1.807) is 30.7 Å². The molecule has 2 aromatic rings. The van der Waals surface area contributed by atoms with Crippen LogP contribution in [0.25, 0.3) is 0 Å². The molecule has 0 saturated carbocycles. The number of hydrogen-bond donors (Lipinski definition) is 1. The van der Waals surface area contributed by atoms with Gasteiger partial charge in [-0.15, -0.1) is 0 Å². The number of carbonyl (C=O) groups excluding carboxylic acids is 2. The van der Waals surface area contributed by atoms with Crippen molar-refractivity contribution in [3.63, 3.8) is 0 Å². The highest BCUT2D eigenvalue weighted by Gasteiger charge is 2.24. The van der Waals surface area contributed by atoms with Gasteiger partial charge < -0.3 is 19.4 Å². The molecule has 2 aromatic heterocycles. The van der Waals surface area contributed by atoms with E-state index < -0.39 is 0 Å². The van der Waals surface area contributed by atoms with Crippen LogP contribution in [0.1, 0.15) is 35.9 Å². The molecule has 3 rings (SSSR count). The summed E-state index contributed by atoms with van der Waals surface area (Å²) in [6.45, 7) is 3.78. The number of furan rings is 1. The molecule has 1 aliphatic rings. The van der Waals surface area contributed by atoms with Crippen molar-refractivity contribution in [2.75, 3.05) is 24.6 Å². The van der Waals surface area contributed by atoms with Gasteiger partial charge in [-0.05, 0) is 43.0 Å². The Bertz CT molecular complexity index is 737. The van der Waals surface area contributed by atoms with E-state index in [-0.39, 0.29) is 11.9 Å². The van der Waals surface area contributed by atoms with Crippen molar-refractivity contribution >= 4 is 17.7 Å². The van der Waals surface area contributed by atoms with E-state index in [2.05, 4.69) is 15.2 Å². The van der Waals surface area contributed by atoms with Gasteiger partial charge in [0.25, 0.3) is 5.91 Å². The van der Waals surface area contributed by atoms with Gasteiger partial charge in [0.15, 0.2) is 0 Å². The van der Waals surface area contributed by atoms with Crippen LogP contribution in [0.15, 0.2) is 41.1 Å². The number of nitrogens with zero attached hydrogens (tertiary/aromatic N) is 2. The molecule has 0 unspecified atom stereocenters. The van der Waals surface area contributed by atoms with Crippen molar-refractivity contribution in [2.45, 2.75) is 26.3 Å². The summed E-state index contributed by atoms with van der Waals surface area (Å²) in [5.41, 5.74) is 0.553. The maximum Gasteiger partial charge on any atom is 0.302 e. The summed E-state index contributed by atoms with van der Waals surface area (Å²) in [5.74, 6) is 1.33. The molecule has 0 radical (unpaired) electrons. The van der Waals surface area contributed by atoms with E-state index >= 15 is 0 Å². The molecule has 7 nitrogen and oxygen atoms in total. The number of aromatic nitrogens is 1. The highest BCUT2D eigenvalue weighted by molar-refractivity contribution is 5.98. The molecular weight excluding hydrogens is 334 g/mol. The fourth-order valence-electron chi connectivity index (χ4n) is 3.05. The van der Waals surface area contributed by atoms with E-state index in [4.69, 9.17) is 9.15 Å². The summed E-state index contributed by atoms with van der Waals surface area (Å²) in [4.78, 5) is 30.1. The molecule has 7 heteroatoms. The Morgan fingerprint density at radius 1 is 1.31 bits per heavy atom. The van der Waals surface area contributed by atoms with Crippen molar-refractivity contribution in [3.05, 3.63) is 48.0 Å². The number of carbonyl (C=O) groups is 2. The third-order valence-corrected chi connectivity index (χ3v) is 4.47. The highest BCUT2D eigenvalue weighted by Crippen LogP contribution is 2.25. The summed E-state index contributed by atoms with van der Waals surface area (Å²) in [6, 6.07) is 7.15. The lowest BCUT2D eigenvalue weighted by atomic mass is 9.97. The fraction of sp³-hybridized carbons (Fsp3) is 0.421. The Kier molecular flexibility index (Phi) is 5.88. The predicted molar refractivity (Wildman–Crippen MR) is 95.7 cm³/mol. The van der Waals surface area contributed by atoms with Crippen molar-refractivity contribution < 1.29 is 18.7 Å². The van der Waals surface area contributed by atoms with Gasteiger partial charge in [0, 0.05) is 26.2 Å². The third kappa shape index (κ3) is 4.62. The van der Waals surface area contributed by atoms with Gasteiger partial charge in [0.05, 0.1) is 25.0 Å². The average Bonchev–Trinajstić information content (AvgIpc) is 3.18. The molecule has 0 aromatic carbocycles.